The molecule has 1 aromatic heterocycles. The van der Waals surface area contributed by atoms with Gasteiger partial charge in [0.2, 0.25) is 5.91 Å². The molecular formula is C17H20F2N2O3. The van der Waals surface area contributed by atoms with Crippen LogP contribution in [0.25, 0.3) is 0 Å². The molecule has 1 heterocycles. The van der Waals surface area contributed by atoms with Crippen molar-refractivity contribution in [3.63, 3.8) is 0 Å². The smallest absolute Gasteiger partial charge is 0.224 e. The van der Waals surface area contributed by atoms with E-state index in [2.05, 4.69) is 10.5 Å². The van der Waals surface area contributed by atoms with Crippen molar-refractivity contribution in [3.8, 4) is 0 Å². The van der Waals surface area contributed by atoms with Crippen LogP contribution >= 0.6 is 0 Å². The molecule has 0 saturated heterocycles. The number of nitrogens with one attached hydrogen (secondary N) is 1. The minimum atomic E-state index is -1.46. The maximum absolute atomic E-state index is 13.6. The van der Waals surface area contributed by atoms with Crippen LogP contribution < -0.4 is 5.32 Å². The zero-order valence-corrected chi connectivity index (χ0v) is 13.6. The van der Waals surface area contributed by atoms with Gasteiger partial charge >= 0.3 is 0 Å². The Balaban J connectivity index is 2.00. The number of aryl methyl sites for hydroxylation is 2. The molecule has 0 radical (unpaired) electrons. The molecule has 1 unspecified atom stereocenters. The Bertz CT molecular complexity index is 674. The van der Waals surface area contributed by atoms with Crippen LogP contribution in [0.5, 0.6) is 0 Å². The molecule has 0 aliphatic heterocycles. The summed E-state index contributed by atoms with van der Waals surface area (Å²) in [6, 6.07) is 3.33. The van der Waals surface area contributed by atoms with Crippen LogP contribution in [0.4, 0.5) is 8.78 Å². The largest absolute Gasteiger partial charge is 0.386 e. The van der Waals surface area contributed by atoms with Crippen LogP contribution in [0, 0.1) is 11.6 Å². The Morgan fingerprint density at radius 1 is 1.29 bits per heavy atom. The van der Waals surface area contributed by atoms with Crippen molar-refractivity contribution in [2.24, 2.45) is 0 Å². The van der Waals surface area contributed by atoms with Crippen molar-refractivity contribution in [3.05, 3.63) is 52.4 Å². The highest BCUT2D eigenvalue weighted by Gasteiger charge is 2.20. The molecule has 0 bridgehead atoms. The van der Waals surface area contributed by atoms with E-state index in [1.165, 1.54) is 6.07 Å². The molecule has 2 rings (SSSR count). The number of hydrogen-bond acceptors (Lipinski definition) is 4. The quantitative estimate of drug-likeness (QED) is 0.813. The van der Waals surface area contributed by atoms with E-state index < -0.39 is 23.3 Å². The molecule has 0 aliphatic rings. The summed E-state index contributed by atoms with van der Waals surface area (Å²) >= 11 is 0. The first-order valence-corrected chi connectivity index (χ1v) is 7.82. The summed E-state index contributed by atoms with van der Waals surface area (Å²) in [6.07, 6.45) is -0.176. The number of aliphatic hydroxyl groups is 1. The van der Waals surface area contributed by atoms with E-state index in [0.29, 0.717) is 24.3 Å². The molecule has 130 valence electrons. The minimum absolute atomic E-state index is 0.0440. The second-order valence-electron chi connectivity index (χ2n) is 5.37. The first-order valence-electron chi connectivity index (χ1n) is 7.82. The highest BCUT2D eigenvalue weighted by atomic mass is 19.1. The van der Waals surface area contributed by atoms with Crippen molar-refractivity contribution >= 4 is 5.91 Å². The summed E-state index contributed by atoms with van der Waals surface area (Å²) in [7, 11) is 0. The lowest BCUT2D eigenvalue weighted by Gasteiger charge is -2.14. The second-order valence-corrected chi connectivity index (χ2v) is 5.37. The van der Waals surface area contributed by atoms with E-state index in [-0.39, 0.29) is 18.9 Å². The molecule has 2 N–H and O–H groups in total. The van der Waals surface area contributed by atoms with Crippen LogP contribution in [0.3, 0.4) is 0 Å². The van der Waals surface area contributed by atoms with Crippen molar-refractivity contribution in [1.29, 1.82) is 0 Å². The predicted octanol–water partition coefficient (Wildman–Crippen LogP) is 2.47. The zero-order chi connectivity index (χ0) is 17.7. The van der Waals surface area contributed by atoms with Crippen molar-refractivity contribution in [1.82, 2.24) is 10.5 Å². The fourth-order valence-corrected chi connectivity index (χ4v) is 2.50. The summed E-state index contributed by atoms with van der Waals surface area (Å²) in [4.78, 5) is 12.1. The van der Waals surface area contributed by atoms with Crippen LogP contribution in [0.15, 0.2) is 22.7 Å². The molecule has 24 heavy (non-hydrogen) atoms. The summed E-state index contributed by atoms with van der Waals surface area (Å²) in [5.41, 5.74) is 0.984. The first-order chi connectivity index (χ1) is 11.5. The lowest BCUT2D eigenvalue weighted by Crippen LogP contribution is -2.30. The zero-order valence-electron chi connectivity index (χ0n) is 13.6. The summed E-state index contributed by atoms with van der Waals surface area (Å²) < 4.78 is 32.4. The van der Waals surface area contributed by atoms with Crippen LogP contribution in [0.1, 0.15) is 42.5 Å². The van der Waals surface area contributed by atoms with E-state index in [4.69, 9.17) is 4.52 Å². The van der Waals surface area contributed by atoms with Gasteiger partial charge in [0.1, 0.15) is 23.5 Å². The third-order valence-electron chi connectivity index (χ3n) is 3.77. The molecule has 2 aromatic rings. The molecule has 0 aliphatic carbocycles. The summed E-state index contributed by atoms with van der Waals surface area (Å²) in [5, 5.41) is 16.3. The average molecular weight is 338 g/mol. The molecule has 0 saturated carbocycles. The highest BCUT2D eigenvalue weighted by Crippen LogP contribution is 2.20. The molecule has 0 fully saturated rings. The number of carbonyl (C=O) groups is 1. The van der Waals surface area contributed by atoms with Gasteiger partial charge in [0.05, 0.1) is 17.7 Å². The maximum Gasteiger partial charge on any atom is 0.224 e. The van der Waals surface area contributed by atoms with Crippen LogP contribution in [-0.4, -0.2) is 22.7 Å². The van der Waals surface area contributed by atoms with E-state index in [1.807, 2.05) is 13.8 Å². The summed E-state index contributed by atoms with van der Waals surface area (Å²) in [6.45, 7) is 3.51. The van der Waals surface area contributed by atoms with Gasteiger partial charge in [-0.1, -0.05) is 25.1 Å². The van der Waals surface area contributed by atoms with E-state index in [1.54, 1.807) is 0 Å². The van der Waals surface area contributed by atoms with Gasteiger partial charge in [-0.25, -0.2) is 8.78 Å². The monoisotopic (exact) mass is 338 g/mol. The fraction of sp³-hybridized carbons (Fsp3) is 0.412. The molecule has 0 spiro atoms. The molecule has 1 atom stereocenters. The Labute approximate surface area is 138 Å². The lowest BCUT2D eigenvalue weighted by molar-refractivity contribution is -0.121. The topological polar surface area (TPSA) is 75.4 Å². The van der Waals surface area contributed by atoms with Crippen LogP contribution in [0.2, 0.25) is 0 Å². The minimum Gasteiger partial charge on any atom is -0.386 e. The molecule has 7 heteroatoms. The van der Waals surface area contributed by atoms with Crippen molar-refractivity contribution in [2.45, 2.75) is 39.2 Å². The summed E-state index contributed by atoms with van der Waals surface area (Å²) in [5.74, 6) is -1.43. The van der Waals surface area contributed by atoms with E-state index in [9.17, 15) is 18.7 Å². The fourth-order valence-electron chi connectivity index (χ4n) is 2.50. The first kappa shape index (κ1) is 18.1. The number of hydrogen-bond donors (Lipinski definition) is 2. The number of amides is 1. The Morgan fingerprint density at radius 3 is 2.54 bits per heavy atom. The number of halogens is 2. The molecule has 1 amide bonds. The van der Waals surface area contributed by atoms with Gasteiger partial charge in [0, 0.05) is 18.5 Å². The maximum atomic E-state index is 13.6. The Kier molecular flexibility index (Phi) is 6.03. The van der Waals surface area contributed by atoms with Gasteiger partial charge in [0.25, 0.3) is 0 Å². The number of aliphatic hydroxyl groups excluding tert-OH is 1. The molecular weight excluding hydrogens is 318 g/mol. The predicted molar refractivity (Wildman–Crippen MR) is 83.3 cm³/mol. The second kappa shape index (κ2) is 8.01. The van der Waals surface area contributed by atoms with Gasteiger partial charge in [-0.05, 0) is 18.6 Å². The van der Waals surface area contributed by atoms with Gasteiger partial charge in [-0.15, -0.1) is 0 Å². The lowest BCUT2D eigenvalue weighted by atomic mass is 10.1. The van der Waals surface area contributed by atoms with Gasteiger partial charge < -0.3 is 14.9 Å². The number of benzene rings is 1. The molecule has 5 nitrogen and oxygen atoms in total. The van der Waals surface area contributed by atoms with Gasteiger partial charge in [-0.2, -0.15) is 0 Å². The van der Waals surface area contributed by atoms with Crippen molar-refractivity contribution in [2.75, 3.05) is 6.54 Å². The van der Waals surface area contributed by atoms with Gasteiger partial charge in [0.15, 0.2) is 0 Å². The van der Waals surface area contributed by atoms with E-state index in [0.717, 1.165) is 17.7 Å². The number of rotatable bonds is 7. The third kappa shape index (κ3) is 3.97. The Morgan fingerprint density at radius 2 is 1.96 bits per heavy atom. The number of aromatic nitrogens is 1. The molecule has 1 aromatic carbocycles. The SMILES string of the molecule is CCc1noc(CC)c1CC(=O)NCC(O)c1c(F)cccc1F. The number of nitrogens with zero attached hydrogens (tertiary/aromatic N) is 1. The van der Waals surface area contributed by atoms with E-state index >= 15 is 0 Å². The van der Waals surface area contributed by atoms with Gasteiger partial charge in [-0.3, -0.25) is 4.79 Å². The van der Waals surface area contributed by atoms with Crippen LogP contribution in [-0.2, 0) is 24.1 Å². The number of carbonyl (C=O) groups excluding carboxylic acids is 1. The average Bonchev–Trinajstić information content (AvgIpc) is 2.94. The Hall–Kier alpha value is -2.28. The highest BCUT2D eigenvalue weighted by molar-refractivity contribution is 5.79. The standard InChI is InChI=1S/C17H20F2N2O3/c1-3-13-10(15(4-2)24-21-13)8-16(23)20-9-14(22)17-11(18)6-5-7-12(17)19/h5-7,14,22H,3-4,8-9H2,1-2H3,(H,20,23). The third-order valence-corrected chi connectivity index (χ3v) is 3.77. The normalized spacial score (nSPS) is 12.2. The van der Waals surface area contributed by atoms with Crippen molar-refractivity contribution < 1.29 is 23.2 Å².